The molecule has 2 N–H and O–H groups in total. The second kappa shape index (κ2) is 8.62. The molecule has 1 aromatic carbocycles. The Bertz CT molecular complexity index is 405. The van der Waals surface area contributed by atoms with Crippen LogP contribution in [0.25, 0.3) is 0 Å². The summed E-state index contributed by atoms with van der Waals surface area (Å²) < 4.78 is 11.6. The van der Waals surface area contributed by atoms with Crippen LogP contribution in [0.4, 0.5) is 0 Å². The van der Waals surface area contributed by atoms with Crippen molar-refractivity contribution in [3.05, 3.63) is 28.2 Å². The molecule has 0 aliphatic rings. The first kappa shape index (κ1) is 17.4. The highest BCUT2D eigenvalue weighted by atomic mass is 79.9. The Morgan fingerprint density at radius 1 is 1.30 bits per heavy atom. The minimum absolute atomic E-state index is 0.494. The summed E-state index contributed by atoms with van der Waals surface area (Å²) in [6, 6.07) is 6.02. The lowest BCUT2D eigenvalue weighted by Crippen LogP contribution is -2.21. The Hall–Kier alpha value is -0.620. The van der Waals surface area contributed by atoms with Crippen LogP contribution < -0.4 is 10.1 Å². The third kappa shape index (κ3) is 7.24. The molecule has 0 spiro atoms. The average Bonchev–Trinajstić information content (AvgIpc) is 2.36. The van der Waals surface area contributed by atoms with Gasteiger partial charge in [-0.25, -0.2) is 0 Å². The van der Waals surface area contributed by atoms with Crippen molar-refractivity contribution in [2.75, 3.05) is 26.9 Å². The molecule has 0 saturated heterocycles. The van der Waals surface area contributed by atoms with E-state index in [1.165, 1.54) is 5.56 Å². The van der Waals surface area contributed by atoms with Gasteiger partial charge in [0.05, 0.1) is 23.3 Å². The van der Waals surface area contributed by atoms with Crippen LogP contribution >= 0.6 is 15.9 Å². The standard InChI is InChI=1S/C15H24BrNO3/c1-15(2,18)6-8-20-14-5-4-12(10-13(14)16)11-17-7-9-19-3/h4-5,10,17-18H,6-9,11H2,1-3H3. The molecule has 0 saturated carbocycles. The van der Waals surface area contributed by atoms with Crippen molar-refractivity contribution in [2.24, 2.45) is 0 Å². The first-order valence-corrected chi connectivity index (χ1v) is 7.55. The molecule has 0 heterocycles. The monoisotopic (exact) mass is 345 g/mol. The normalized spacial score (nSPS) is 11.7. The third-order valence-corrected chi connectivity index (χ3v) is 3.40. The number of methoxy groups -OCH3 is 1. The molecule has 114 valence electrons. The summed E-state index contributed by atoms with van der Waals surface area (Å²) in [5, 5.41) is 12.9. The van der Waals surface area contributed by atoms with Gasteiger partial charge in [-0.3, -0.25) is 0 Å². The van der Waals surface area contributed by atoms with Gasteiger partial charge in [-0.05, 0) is 47.5 Å². The van der Waals surface area contributed by atoms with Gasteiger partial charge in [-0.1, -0.05) is 6.07 Å². The molecule has 1 rings (SSSR count). The van der Waals surface area contributed by atoms with E-state index in [4.69, 9.17) is 9.47 Å². The fourth-order valence-electron chi connectivity index (χ4n) is 1.59. The van der Waals surface area contributed by atoms with Gasteiger partial charge in [-0.15, -0.1) is 0 Å². The molecule has 0 aliphatic heterocycles. The van der Waals surface area contributed by atoms with E-state index in [0.717, 1.165) is 23.3 Å². The molecule has 4 nitrogen and oxygen atoms in total. The Morgan fingerprint density at radius 3 is 2.65 bits per heavy atom. The van der Waals surface area contributed by atoms with Crippen molar-refractivity contribution in [2.45, 2.75) is 32.4 Å². The average molecular weight is 346 g/mol. The minimum atomic E-state index is -0.697. The zero-order valence-electron chi connectivity index (χ0n) is 12.4. The van der Waals surface area contributed by atoms with Crippen molar-refractivity contribution in [3.8, 4) is 5.75 Å². The van der Waals surface area contributed by atoms with Crippen molar-refractivity contribution in [3.63, 3.8) is 0 Å². The van der Waals surface area contributed by atoms with Crippen molar-refractivity contribution >= 4 is 15.9 Å². The molecule has 0 aromatic heterocycles. The fraction of sp³-hybridized carbons (Fsp3) is 0.600. The third-order valence-electron chi connectivity index (χ3n) is 2.78. The molecule has 0 fully saturated rings. The van der Waals surface area contributed by atoms with Gasteiger partial charge < -0.3 is 19.9 Å². The van der Waals surface area contributed by atoms with Crippen molar-refractivity contribution < 1.29 is 14.6 Å². The SMILES string of the molecule is COCCNCc1ccc(OCCC(C)(C)O)c(Br)c1. The second-order valence-electron chi connectivity index (χ2n) is 5.35. The predicted octanol–water partition coefficient (Wildman–Crippen LogP) is 2.72. The van der Waals surface area contributed by atoms with Gasteiger partial charge in [0.15, 0.2) is 0 Å². The quantitative estimate of drug-likeness (QED) is 0.675. The van der Waals surface area contributed by atoms with E-state index in [-0.39, 0.29) is 0 Å². The first-order chi connectivity index (χ1) is 9.42. The Balaban J connectivity index is 2.43. The van der Waals surface area contributed by atoms with Gasteiger partial charge in [0.2, 0.25) is 0 Å². The van der Waals surface area contributed by atoms with E-state index < -0.39 is 5.60 Å². The molecule has 1 aromatic rings. The van der Waals surface area contributed by atoms with Crippen LogP contribution in [0.3, 0.4) is 0 Å². The summed E-state index contributed by atoms with van der Waals surface area (Å²) >= 11 is 3.51. The topological polar surface area (TPSA) is 50.7 Å². The zero-order valence-corrected chi connectivity index (χ0v) is 14.0. The molecule has 0 aliphatic carbocycles. The molecule has 5 heteroatoms. The summed E-state index contributed by atoms with van der Waals surface area (Å²) in [6.07, 6.45) is 0.597. The van der Waals surface area contributed by atoms with Crippen molar-refractivity contribution in [1.82, 2.24) is 5.32 Å². The summed E-state index contributed by atoms with van der Waals surface area (Å²) in [7, 11) is 1.69. The van der Waals surface area contributed by atoms with Gasteiger partial charge in [0.25, 0.3) is 0 Å². The highest BCUT2D eigenvalue weighted by molar-refractivity contribution is 9.10. The maximum absolute atomic E-state index is 9.64. The lowest BCUT2D eigenvalue weighted by atomic mass is 10.1. The number of hydrogen-bond donors (Lipinski definition) is 2. The highest BCUT2D eigenvalue weighted by Crippen LogP contribution is 2.26. The van der Waals surface area contributed by atoms with E-state index >= 15 is 0 Å². The Morgan fingerprint density at radius 2 is 2.05 bits per heavy atom. The predicted molar refractivity (Wildman–Crippen MR) is 84.1 cm³/mol. The van der Waals surface area contributed by atoms with Gasteiger partial charge >= 0.3 is 0 Å². The number of halogens is 1. The highest BCUT2D eigenvalue weighted by Gasteiger charge is 2.12. The fourth-order valence-corrected chi connectivity index (χ4v) is 2.13. The van der Waals surface area contributed by atoms with Crippen LogP contribution in [0.1, 0.15) is 25.8 Å². The largest absolute Gasteiger partial charge is 0.492 e. The van der Waals surface area contributed by atoms with Crippen LogP contribution in [0.15, 0.2) is 22.7 Å². The van der Waals surface area contributed by atoms with Crippen molar-refractivity contribution in [1.29, 1.82) is 0 Å². The number of hydrogen-bond acceptors (Lipinski definition) is 4. The van der Waals surface area contributed by atoms with E-state index in [0.29, 0.717) is 19.6 Å². The lowest BCUT2D eigenvalue weighted by Gasteiger charge is -2.17. The minimum Gasteiger partial charge on any atom is -0.492 e. The number of aliphatic hydroxyl groups is 1. The van der Waals surface area contributed by atoms with E-state index in [1.807, 2.05) is 18.2 Å². The van der Waals surface area contributed by atoms with Crippen LogP contribution in [-0.4, -0.2) is 37.6 Å². The molecular formula is C15H24BrNO3. The number of benzene rings is 1. The summed E-state index contributed by atoms with van der Waals surface area (Å²) in [4.78, 5) is 0. The Kier molecular flexibility index (Phi) is 7.51. The molecular weight excluding hydrogens is 322 g/mol. The van der Waals surface area contributed by atoms with Crippen LogP contribution in [0, 0.1) is 0 Å². The summed E-state index contributed by atoms with van der Waals surface area (Å²) in [6.45, 7) is 6.39. The van der Waals surface area contributed by atoms with E-state index in [1.54, 1.807) is 21.0 Å². The lowest BCUT2D eigenvalue weighted by molar-refractivity contribution is 0.0552. The Labute approximate surface area is 129 Å². The number of rotatable bonds is 9. The molecule has 0 amide bonds. The first-order valence-electron chi connectivity index (χ1n) is 6.75. The van der Waals surface area contributed by atoms with Gasteiger partial charge in [0, 0.05) is 26.6 Å². The molecule has 0 atom stereocenters. The van der Waals surface area contributed by atoms with Crippen LogP contribution in [-0.2, 0) is 11.3 Å². The molecule has 0 unspecified atom stereocenters. The zero-order chi connectivity index (χ0) is 15.0. The van der Waals surface area contributed by atoms with Crippen LogP contribution in [0.2, 0.25) is 0 Å². The summed E-state index contributed by atoms with van der Waals surface area (Å²) in [5.41, 5.74) is 0.486. The van der Waals surface area contributed by atoms with E-state index in [9.17, 15) is 5.11 Å². The number of ether oxygens (including phenoxy) is 2. The molecule has 0 bridgehead atoms. The van der Waals surface area contributed by atoms with Gasteiger partial charge in [-0.2, -0.15) is 0 Å². The maximum atomic E-state index is 9.64. The van der Waals surface area contributed by atoms with E-state index in [2.05, 4.69) is 21.2 Å². The molecule has 0 radical (unpaired) electrons. The second-order valence-corrected chi connectivity index (χ2v) is 6.20. The number of nitrogens with one attached hydrogen (secondary N) is 1. The summed E-state index contributed by atoms with van der Waals surface area (Å²) in [5.74, 6) is 0.801. The maximum Gasteiger partial charge on any atom is 0.133 e. The van der Waals surface area contributed by atoms with Gasteiger partial charge in [0.1, 0.15) is 5.75 Å². The van der Waals surface area contributed by atoms with Crippen LogP contribution in [0.5, 0.6) is 5.75 Å². The molecule has 20 heavy (non-hydrogen) atoms. The smallest absolute Gasteiger partial charge is 0.133 e.